The lowest BCUT2D eigenvalue weighted by Gasteiger charge is -2.42. The van der Waals surface area contributed by atoms with E-state index in [9.17, 15) is 37.2 Å². The van der Waals surface area contributed by atoms with Crippen LogP contribution in [0.15, 0.2) is 12.3 Å². The molecule has 0 bridgehead atoms. The molecule has 4 N–H and O–H groups in total. The van der Waals surface area contributed by atoms with Gasteiger partial charge in [0.05, 0.1) is 11.4 Å². The first kappa shape index (κ1) is 27.2. The lowest BCUT2D eigenvalue weighted by molar-refractivity contribution is -0.0848. The summed E-state index contributed by atoms with van der Waals surface area (Å²) in [6.07, 6.45) is -5.75. The molecule has 36 heavy (non-hydrogen) atoms. The van der Waals surface area contributed by atoms with Crippen molar-refractivity contribution >= 4 is 45.8 Å². The number of hydrogen-bond donors (Lipinski definition) is 4. The Bertz CT molecular complexity index is 1390. The van der Waals surface area contributed by atoms with E-state index in [0.29, 0.717) is 5.39 Å². The molecule has 0 aromatic carbocycles. The Morgan fingerprint density at radius 1 is 1.36 bits per heavy atom. The molecule has 1 aliphatic carbocycles. The third-order valence-corrected chi connectivity index (χ3v) is 10.3. The van der Waals surface area contributed by atoms with Gasteiger partial charge in [0.2, 0.25) is 0 Å². The van der Waals surface area contributed by atoms with Crippen molar-refractivity contribution in [1.29, 1.82) is 5.26 Å². The van der Waals surface area contributed by atoms with Crippen LogP contribution in [-0.2, 0) is 19.1 Å². The molecule has 2 aliphatic rings. The minimum absolute atomic E-state index is 0.0473. The number of hydrogen-bond acceptors (Lipinski definition) is 9. The van der Waals surface area contributed by atoms with Crippen molar-refractivity contribution in [3.8, 4) is 6.07 Å². The van der Waals surface area contributed by atoms with Crippen molar-refractivity contribution in [3.63, 3.8) is 0 Å². The number of sulfone groups is 1. The summed E-state index contributed by atoms with van der Waals surface area (Å²) < 4.78 is 69.2. The van der Waals surface area contributed by atoms with Gasteiger partial charge in [0.1, 0.15) is 35.6 Å². The summed E-state index contributed by atoms with van der Waals surface area (Å²) in [5, 5.41) is 30.7. The normalized spacial score (nSPS) is 26.6. The summed E-state index contributed by atoms with van der Waals surface area (Å²) >= 11 is 6.22. The Hall–Kier alpha value is -1.89. The monoisotopic (exact) mass is 570 g/mol. The Morgan fingerprint density at radius 3 is 2.56 bits per heavy atom. The molecule has 2 aromatic rings. The first-order valence-electron chi connectivity index (χ1n) is 10.5. The van der Waals surface area contributed by atoms with Crippen LogP contribution in [0.5, 0.6) is 0 Å². The van der Waals surface area contributed by atoms with Crippen molar-refractivity contribution in [1.82, 2.24) is 9.55 Å². The van der Waals surface area contributed by atoms with Gasteiger partial charge in [-0.2, -0.15) is 5.26 Å². The molecule has 0 amide bonds. The summed E-state index contributed by atoms with van der Waals surface area (Å²) in [5.74, 6) is -3.79. The second-order valence-corrected chi connectivity index (χ2v) is 13.5. The zero-order valence-electron chi connectivity index (χ0n) is 18.6. The molecule has 0 radical (unpaired) electrons. The Morgan fingerprint density at radius 2 is 2.00 bits per heavy atom. The first-order chi connectivity index (χ1) is 16.5. The third-order valence-electron chi connectivity index (χ3n) is 6.26. The van der Waals surface area contributed by atoms with Crippen molar-refractivity contribution in [2.24, 2.45) is 0 Å². The standard InChI is InChI=1S/C19H22ClF2N4O8PS/c1-25(9-4-19(21,22)5-9)13-10-2-3-26(17(10)24-16(20)11(13)6-23)18-15(28)14(27)12(34-18)7-36(32,33)8-35(29,30)31/h2-3,9,12,14-15,18,27-28H,4-5,7-8H2,1H3,(H2,29,30,31)/t12-,14-,15-,18-/m1/s1. The van der Waals surface area contributed by atoms with E-state index in [1.54, 1.807) is 0 Å². The molecule has 17 heteroatoms. The molecule has 12 nitrogen and oxygen atoms in total. The molecule has 1 aliphatic heterocycles. The summed E-state index contributed by atoms with van der Waals surface area (Å²) in [6.45, 7) is 0. The maximum absolute atomic E-state index is 13.5. The number of pyridine rings is 1. The molecule has 1 saturated heterocycles. The summed E-state index contributed by atoms with van der Waals surface area (Å²) in [4.78, 5) is 23.6. The van der Waals surface area contributed by atoms with Crippen LogP contribution >= 0.6 is 19.2 Å². The Kier molecular flexibility index (Phi) is 6.89. The molecule has 3 heterocycles. The molecular weight excluding hydrogens is 549 g/mol. The van der Waals surface area contributed by atoms with Gasteiger partial charge >= 0.3 is 7.60 Å². The van der Waals surface area contributed by atoms with Gasteiger partial charge in [-0.15, -0.1) is 0 Å². The molecule has 1 saturated carbocycles. The van der Waals surface area contributed by atoms with Crippen LogP contribution in [0.3, 0.4) is 0 Å². The Labute approximate surface area is 208 Å². The van der Waals surface area contributed by atoms with E-state index in [-0.39, 0.29) is 22.1 Å². The van der Waals surface area contributed by atoms with Crippen LogP contribution in [0, 0.1) is 11.3 Å². The van der Waals surface area contributed by atoms with Crippen LogP contribution in [0.2, 0.25) is 5.15 Å². The van der Waals surface area contributed by atoms with E-state index in [1.165, 1.54) is 28.8 Å². The number of nitriles is 1. The maximum atomic E-state index is 13.5. The number of aromatic nitrogens is 2. The smallest absolute Gasteiger partial charge is 0.340 e. The highest BCUT2D eigenvalue weighted by Crippen LogP contribution is 2.45. The van der Waals surface area contributed by atoms with E-state index in [2.05, 4.69) is 4.98 Å². The average molecular weight is 571 g/mol. The maximum Gasteiger partial charge on any atom is 0.340 e. The van der Waals surface area contributed by atoms with Gasteiger partial charge in [-0.25, -0.2) is 22.2 Å². The second kappa shape index (κ2) is 9.14. The van der Waals surface area contributed by atoms with E-state index >= 15 is 0 Å². The highest BCUT2D eigenvalue weighted by molar-refractivity contribution is 7.97. The van der Waals surface area contributed by atoms with Gasteiger partial charge in [-0.1, -0.05) is 11.6 Å². The fraction of sp³-hybridized carbons (Fsp3) is 0.579. The highest BCUT2D eigenvalue weighted by atomic mass is 35.5. The lowest BCUT2D eigenvalue weighted by Crippen LogP contribution is -2.49. The average Bonchev–Trinajstić information content (AvgIpc) is 3.24. The van der Waals surface area contributed by atoms with Crippen molar-refractivity contribution in [2.75, 3.05) is 23.2 Å². The highest BCUT2D eigenvalue weighted by Gasteiger charge is 2.49. The van der Waals surface area contributed by atoms with Gasteiger partial charge in [0.25, 0.3) is 5.92 Å². The Balaban J connectivity index is 1.69. The number of anilines is 1. The van der Waals surface area contributed by atoms with Crippen molar-refractivity contribution < 1.29 is 46.5 Å². The largest absolute Gasteiger partial charge is 0.387 e. The van der Waals surface area contributed by atoms with Crippen molar-refractivity contribution in [3.05, 3.63) is 23.0 Å². The number of aliphatic hydroxyl groups excluding tert-OH is 2. The van der Waals surface area contributed by atoms with Gasteiger partial charge < -0.3 is 34.2 Å². The first-order valence-corrected chi connectivity index (χ1v) is 14.5. The number of aliphatic hydroxyl groups is 2. The molecule has 0 spiro atoms. The van der Waals surface area contributed by atoms with Crippen LogP contribution < -0.4 is 4.90 Å². The molecule has 198 valence electrons. The molecule has 0 unspecified atom stereocenters. The molecule has 2 aromatic heterocycles. The van der Waals surface area contributed by atoms with Crippen LogP contribution in [0.1, 0.15) is 24.6 Å². The van der Waals surface area contributed by atoms with Gasteiger partial charge in [0.15, 0.2) is 26.7 Å². The zero-order valence-corrected chi connectivity index (χ0v) is 21.0. The number of fused-ring (bicyclic) bond motifs is 1. The van der Waals surface area contributed by atoms with Gasteiger partial charge in [-0.05, 0) is 6.07 Å². The number of halogens is 3. The number of alkyl halides is 2. The summed E-state index contributed by atoms with van der Waals surface area (Å²) in [6, 6.07) is 2.84. The zero-order chi connectivity index (χ0) is 26.8. The lowest BCUT2D eigenvalue weighted by atomic mass is 9.86. The van der Waals surface area contributed by atoms with E-state index in [4.69, 9.17) is 26.1 Å². The van der Waals surface area contributed by atoms with Crippen LogP contribution in [-0.4, -0.2) is 86.5 Å². The topological polar surface area (TPSA) is 186 Å². The molecule has 4 atom stereocenters. The van der Waals surface area contributed by atoms with E-state index < -0.39 is 78.0 Å². The van der Waals surface area contributed by atoms with Crippen LogP contribution in [0.25, 0.3) is 11.0 Å². The molecular formula is C19H22ClF2N4O8PS. The summed E-state index contributed by atoms with van der Waals surface area (Å²) in [5.41, 5.74) is -1.19. The molecule has 4 rings (SSSR count). The fourth-order valence-corrected chi connectivity index (χ4v) is 8.00. The third kappa shape index (κ3) is 5.09. The fourth-order valence-electron chi connectivity index (χ4n) is 4.54. The second-order valence-electron chi connectivity index (χ2n) is 8.98. The van der Waals surface area contributed by atoms with E-state index in [1.807, 2.05) is 6.07 Å². The minimum atomic E-state index is -4.91. The van der Waals surface area contributed by atoms with Gasteiger partial charge in [-0.3, -0.25) is 4.57 Å². The molecule has 2 fully saturated rings. The summed E-state index contributed by atoms with van der Waals surface area (Å²) in [7, 11) is -7.75. The minimum Gasteiger partial charge on any atom is -0.387 e. The van der Waals surface area contributed by atoms with E-state index in [0.717, 1.165) is 0 Å². The predicted octanol–water partition coefficient (Wildman–Crippen LogP) is 0.964. The van der Waals surface area contributed by atoms with Gasteiger partial charge in [0, 0.05) is 37.5 Å². The SMILES string of the molecule is CN(c1c(C#N)c(Cl)nc2c1ccn2[C@@H]1O[C@H](CS(=O)(=O)CP(=O)(O)O)[C@@H](O)[C@H]1O)C1CC(F)(F)C1. The van der Waals surface area contributed by atoms with Crippen molar-refractivity contribution in [2.45, 2.75) is 49.3 Å². The quantitative estimate of drug-likeness (QED) is 0.274. The number of rotatable bonds is 7. The van der Waals surface area contributed by atoms with Crippen LogP contribution in [0.4, 0.5) is 14.5 Å². The number of nitrogens with zero attached hydrogens (tertiary/aromatic N) is 4. The number of ether oxygens (including phenoxy) is 1. The predicted molar refractivity (Wildman–Crippen MR) is 122 cm³/mol.